The first-order chi connectivity index (χ1) is 16.4. The summed E-state index contributed by atoms with van der Waals surface area (Å²) in [7, 11) is 4.13. The maximum atomic E-state index is 16.0. The van der Waals surface area contributed by atoms with Gasteiger partial charge in [0.2, 0.25) is 0 Å². The molecular weight excluding hydrogens is 432 g/mol. The van der Waals surface area contributed by atoms with Crippen molar-refractivity contribution in [2.75, 3.05) is 32.1 Å². The summed E-state index contributed by atoms with van der Waals surface area (Å²) < 4.78 is 32.8. The summed E-state index contributed by atoms with van der Waals surface area (Å²) >= 11 is 0. The lowest BCUT2D eigenvalue weighted by atomic mass is 10.0. The molecule has 5 nitrogen and oxygen atoms in total. The molecule has 0 amide bonds. The molecule has 1 aromatic heterocycles. The van der Waals surface area contributed by atoms with Gasteiger partial charge in [0.05, 0.1) is 11.4 Å². The lowest BCUT2D eigenvalue weighted by Crippen LogP contribution is -2.31. The molecule has 1 aliphatic heterocycles. The normalized spacial score (nSPS) is 16.2. The number of nitrogens with zero attached hydrogens (tertiary/aromatic N) is 4. The van der Waals surface area contributed by atoms with Gasteiger partial charge in [-0.2, -0.15) is 5.10 Å². The van der Waals surface area contributed by atoms with Gasteiger partial charge in [0.1, 0.15) is 11.3 Å². The Balaban J connectivity index is 1.56. The average Bonchev–Trinajstić information content (AvgIpc) is 3.46. The van der Waals surface area contributed by atoms with Gasteiger partial charge < -0.3 is 15.5 Å². The van der Waals surface area contributed by atoms with Gasteiger partial charge in [-0.3, -0.25) is 0 Å². The van der Waals surface area contributed by atoms with Gasteiger partial charge in [0, 0.05) is 47.9 Å². The summed E-state index contributed by atoms with van der Waals surface area (Å²) in [6, 6.07) is 16.5. The van der Waals surface area contributed by atoms with Crippen LogP contribution in [0.3, 0.4) is 0 Å². The zero-order chi connectivity index (χ0) is 24.0. The van der Waals surface area contributed by atoms with E-state index in [2.05, 4.69) is 29.0 Å². The molecule has 0 bridgehead atoms. The Morgan fingerprint density at radius 1 is 1.03 bits per heavy atom. The monoisotopic (exact) mass is 461 g/mol. The maximum absolute atomic E-state index is 16.0. The number of hydrogen-bond donors (Lipinski definition) is 1. The van der Waals surface area contributed by atoms with Crippen molar-refractivity contribution in [3.05, 3.63) is 77.5 Å². The molecule has 2 heterocycles. The van der Waals surface area contributed by atoms with Crippen LogP contribution in [-0.2, 0) is 6.54 Å². The standard InChI is InChI=1S/C27H29F2N5/c1-17-22-9-10-24(26(29)27(22)34(31-17)20-6-4-5-18(13-20)15-30)23-8-7-19(14-25(23)28)33-12-11-21(16-33)32(2)3/h4-10,13-14,21H,11-12,15-16,30H2,1-3H3. The highest BCUT2D eigenvalue weighted by atomic mass is 19.1. The van der Waals surface area contributed by atoms with Crippen LogP contribution in [0, 0.1) is 18.6 Å². The maximum Gasteiger partial charge on any atom is 0.157 e. The van der Waals surface area contributed by atoms with Crippen LogP contribution < -0.4 is 10.6 Å². The van der Waals surface area contributed by atoms with E-state index in [0.717, 1.165) is 36.4 Å². The molecule has 1 fully saturated rings. The molecule has 1 atom stereocenters. The first-order valence-corrected chi connectivity index (χ1v) is 11.6. The second-order valence-corrected chi connectivity index (χ2v) is 9.21. The van der Waals surface area contributed by atoms with Gasteiger partial charge in [-0.15, -0.1) is 0 Å². The third kappa shape index (κ3) is 3.85. The van der Waals surface area contributed by atoms with Crippen molar-refractivity contribution in [2.45, 2.75) is 25.9 Å². The van der Waals surface area contributed by atoms with Crippen LogP contribution in [-0.4, -0.2) is 47.9 Å². The summed E-state index contributed by atoms with van der Waals surface area (Å²) in [6.45, 7) is 3.95. The summed E-state index contributed by atoms with van der Waals surface area (Å²) in [5.41, 5.74) is 9.77. The number of fused-ring (bicyclic) bond motifs is 1. The predicted molar refractivity (Wildman–Crippen MR) is 133 cm³/mol. The largest absolute Gasteiger partial charge is 0.370 e. The van der Waals surface area contributed by atoms with Crippen LogP contribution >= 0.6 is 0 Å². The van der Waals surface area contributed by atoms with E-state index in [1.165, 1.54) is 6.07 Å². The molecule has 1 aliphatic rings. The minimum absolute atomic E-state index is 0.222. The number of rotatable bonds is 5. The number of likely N-dealkylation sites (N-methyl/N-ethyl adjacent to an activating group) is 1. The number of hydrogen-bond acceptors (Lipinski definition) is 4. The highest BCUT2D eigenvalue weighted by molar-refractivity contribution is 5.89. The number of aryl methyl sites for hydroxylation is 1. The van der Waals surface area contributed by atoms with Crippen LogP contribution in [0.1, 0.15) is 17.7 Å². The summed E-state index contributed by atoms with van der Waals surface area (Å²) in [6.07, 6.45) is 1.04. The molecule has 4 aromatic rings. The van der Waals surface area contributed by atoms with E-state index in [9.17, 15) is 0 Å². The van der Waals surface area contributed by atoms with Gasteiger partial charge in [0.15, 0.2) is 5.82 Å². The van der Waals surface area contributed by atoms with Gasteiger partial charge in [-0.25, -0.2) is 13.5 Å². The van der Waals surface area contributed by atoms with Crippen LogP contribution in [0.2, 0.25) is 0 Å². The van der Waals surface area contributed by atoms with E-state index in [4.69, 9.17) is 5.73 Å². The Labute approximate surface area is 198 Å². The van der Waals surface area contributed by atoms with Crippen molar-refractivity contribution in [2.24, 2.45) is 5.73 Å². The van der Waals surface area contributed by atoms with Crippen LogP contribution in [0.15, 0.2) is 54.6 Å². The lowest BCUT2D eigenvalue weighted by molar-refractivity contribution is 0.315. The quantitative estimate of drug-likeness (QED) is 0.460. The minimum Gasteiger partial charge on any atom is -0.370 e. The predicted octanol–water partition coefficient (Wildman–Crippen LogP) is 4.88. The van der Waals surface area contributed by atoms with Gasteiger partial charge in [0.25, 0.3) is 0 Å². The fourth-order valence-corrected chi connectivity index (χ4v) is 4.84. The number of aromatic nitrogens is 2. The average molecular weight is 462 g/mol. The molecular formula is C27H29F2N5. The Morgan fingerprint density at radius 3 is 2.53 bits per heavy atom. The van der Waals surface area contributed by atoms with E-state index in [1.54, 1.807) is 16.8 Å². The number of nitrogens with two attached hydrogens (primary N) is 1. The van der Waals surface area contributed by atoms with Gasteiger partial charge >= 0.3 is 0 Å². The first-order valence-electron chi connectivity index (χ1n) is 11.6. The van der Waals surface area contributed by atoms with Crippen LogP contribution in [0.5, 0.6) is 0 Å². The van der Waals surface area contributed by atoms with Crippen molar-refractivity contribution in [3.8, 4) is 16.8 Å². The lowest BCUT2D eigenvalue weighted by Gasteiger charge is -2.22. The first kappa shape index (κ1) is 22.5. The third-order valence-corrected chi connectivity index (χ3v) is 6.86. The van der Waals surface area contributed by atoms with Crippen molar-refractivity contribution in [3.63, 3.8) is 0 Å². The molecule has 0 radical (unpaired) electrons. The highest BCUT2D eigenvalue weighted by Gasteiger charge is 2.25. The van der Waals surface area contributed by atoms with Crippen molar-refractivity contribution >= 4 is 16.6 Å². The van der Waals surface area contributed by atoms with E-state index < -0.39 is 11.6 Å². The molecule has 3 aromatic carbocycles. The number of halogens is 2. The molecule has 0 spiro atoms. The Hall–Kier alpha value is -3.29. The zero-order valence-electron chi connectivity index (χ0n) is 19.7. The molecule has 1 unspecified atom stereocenters. The molecule has 34 heavy (non-hydrogen) atoms. The summed E-state index contributed by atoms with van der Waals surface area (Å²) in [4.78, 5) is 4.38. The van der Waals surface area contributed by atoms with E-state index >= 15 is 8.78 Å². The highest BCUT2D eigenvalue weighted by Crippen LogP contribution is 2.35. The zero-order valence-corrected chi connectivity index (χ0v) is 19.7. The topological polar surface area (TPSA) is 50.3 Å². The molecule has 0 aliphatic carbocycles. The smallest absolute Gasteiger partial charge is 0.157 e. The van der Waals surface area contributed by atoms with E-state index in [1.807, 2.05) is 43.3 Å². The van der Waals surface area contributed by atoms with Gasteiger partial charge in [-0.05, 0) is 63.3 Å². The SMILES string of the molecule is Cc1nn(-c2cccc(CN)c2)c2c(F)c(-c3ccc(N4CCC(N(C)C)C4)cc3F)ccc12. The van der Waals surface area contributed by atoms with E-state index in [-0.39, 0.29) is 11.1 Å². The molecule has 7 heteroatoms. The number of anilines is 1. The molecule has 5 rings (SSSR count). The van der Waals surface area contributed by atoms with E-state index in [0.29, 0.717) is 29.2 Å². The molecule has 1 saturated heterocycles. The summed E-state index contributed by atoms with van der Waals surface area (Å²) in [5.74, 6) is -0.922. The van der Waals surface area contributed by atoms with Crippen molar-refractivity contribution < 1.29 is 8.78 Å². The number of benzene rings is 3. The van der Waals surface area contributed by atoms with Crippen molar-refractivity contribution in [1.29, 1.82) is 0 Å². The van der Waals surface area contributed by atoms with Gasteiger partial charge in [-0.1, -0.05) is 24.3 Å². The minimum atomic E-state index is -0.489. The second-order valence-electron chi connectivity index (χ2n) is 9.21. The van der Waals surface area contributed by atoms with Crippen molar-refractivity contribution in [1.82, 2.24) is 14.7 Å². The second kappa shape index (κ2) is 8.81. The fourth-order valence-electron chi connectivity index (χ4n) is 4.84. The molecule has 2 N–H and O–H groups in total. The molecule has 0 saturated carbocycles. The van der Waals surface area contributed by atoms with Crippen LogP contribution in [0.25, 0.3) is 27.7 Å². The van der Waals surface area contributed by atoms with Crippen LogP contribution in [0.4, 0.5) is 14.5 Å². The Kier molecular flexibility index (Phi) is 5.83. The third-order valence-electron chi connectivity index (χ3n) is 6.86. The fraction of sp³-hybridized carbons (Fsp3) is 0.296. The Morgan fingerprint density at radius 2 is 1.82 bits per heavy atom. The molecule has 176 valence electrons. The Bertz CT molecular complexity index is 1360. The summed E-state index contributed by atoms with van der Waals surface area (Å²) in [5, 5.41) is 5.27.